The lowest BCUT2D eigenvalue weighted by Gasteiger charge is -2.04. The number of hydrogen-bond acceptors (Lipinski definition) is 3. The molecule has 98 valence electrons. The number of rotatable bonds is 4. The molecule has 0 amide bonds. The van der Waals surface area contributed by atoms with Crippen LogP contribution in [0.15, 0.2) is 36.7 Å². The van der Waals surface area contributed by atoms with Crippen molar-refractivity contribution < 1.29 is 14.1 Å². The maximum Gasteiger partial charge on any atom is 0.274 e. The summed E-state index contributed by atoms with van der Waals surface area (Å²) >= 11 is 0. The third-order valence-corrected chi connectivity index (χ3v) is 2.75. The van der Waals surface area contributed by atoms with Crippen LogP contribution in [0.5, 0.6) is 0 Å². The number of nitro groups is 1. The van der Waals surface area contributed by atoms with Gasteiger partial charge in [0.15, 0.2) is 5.78 Å². The molecule has 0 unspecified atom stereocenters. The van der Waals surface area contributed by atoms with E-state index in [0.29, 0.717) is 5.56 Å². The van der Waals surface area contributed by atoms with Crippen LogP contribution in [0.2, 0.25) is 0 Å². The molecule has 1 aromatic carbocycles. The minimum absolute atomic E-state index is 0.0903. The van der Waals surface area contributed by atoms with Gasteiger partial charge in [-0.3, -0.25) is 14.9 Å². The quantitative estimate of drug-likeness (QED) is 0.483. The van der Waals surface area contributed by atoms with E-state index in [1.165, 1.54) is 6.92 Å². The van der Waals surface area contributed by atoms with Crippen molar-refractivity contribution in [2.45, 2.75) is 13.5 Å². The molecule has 0 fully saturated rings. The number of benzene rings is 1. The number of nitrogens with zero attached hydrogens (tertiary/aromatic N) is 2. The van der Waals surface area contributed by atoms with Gasteiger partial charge in [-0.15, -0.1) is 0 Å². The second-order valence-corrected chi connectivity index (χ2v) is 4.16. The highest BCUT2D eigenvalue weighted by Crippen LogP contribution is 2.21. The van der Waals surface area contributed by atoms with E-state index in [1.807, 2.05) is 0 Å². The molecular formula is C13H11FN2O3. The zero-order valence-corrected chi connectivity index (χ0v) is 10.2. The van der Waals surface area contributed by atoms with Crippen LogP contribution in [0.25, 0.3) is 0 Å². The molecule has 0 radical (unpaired) electrons. The molecule has 0 aliphatic carbocycles. The zero-order chi connectivity index (χ0) is 14.0. The highest BCUT2D eigenvalue weighted by Gasteiger charge is 2.15. The average molecular weight is 262 g/mol. The number of hydrogen-bond donors (Lipinski definition) is 0. The molecule has 1 aromatic heterocycles. The molecule has 0 saturated carbocycles. The predicted octanol–water partition coefficient (Wildman–Crippen LogP) is 2.79. The van der Waals surface area contributed by atoms with E-state index in [1.54, 1.807) is 23.0 Å². The Kier molecular flexibility index (Phi) is 3.41. The first-order valence-electron chi connectivity index (χ1n) is 5.57. The Labute approximate surface area is 108 Å². The topological polar surface area (TPSA) is 65.1 Å². The second-order valence-electron chi connectivity index (χ2n) is 4.16. The largest absolute Gasteiger partial charge is 0.349 e. The highest BCUT2D eigenvalue weighted by molar-refractivity contribution is 5.93. The number of carbonyl (C=O) groups excluding carboxylic acids is 1. The van der Waals surface area contributed by atoms with Crippen LogP contribution in [0.1, 0.15) is 22.8 Å². The Morgan fingerprint density at radius 1 is 1.42 bits per heavy atom. The molecular weight excluding hydrogens is 251 g/mol. The highest BCUT2D eigenvalue weighted by atomic mass is 19.1. The molecule has 2 aromatic rings. The van der Waals surface area contributed by atoms with Crippen molar-refractivity contribution in [1.29, 1.82) is 0 Å². The Hall–Kier alpha value is -2.50. The number of Topliss-reactive ketones (excluding diaryl/α,β-unsaturated/α-hetero) is 1. The Morgan fingerprint density at radius 3 is 2.74 bits per heavy atom. The summed E-state index contributed by atoms with van der Waals surface area (Å²) in [6, 6.07) is 4.94. The Balaban J connectivity index is 2.33. The maximum atomic E-state index is 13.2. The third kappa shape index (κ3) is 2.85. The molecule has 0 aliphatic rings. The molecule has 0 bridgehead atoms. The lowest BCUT2D eigenvalue weighted by molar-refractivity contribution is -0.385. The van der Waals surface area contributed by atoms with Gasteiger partial charge in [-0.2, -0.15) is 0 Å². The van der Waals surface area contributed by atoms with E-state index >= 15 is 0 Å². The second kappa shape index (κ2) is 5.01. The van der Waals surface area contributed by atoms with E-state index in [-0.39, 0.29) is 23.6 Å². The van der Waals surface area contributed by atoms with E-state index in [9.17, 15) is 19.3 Å². The van der Waals surface area contributed by atoms with Crippen molar-refractivity contribution in [2.75, 3.05) is 0 Å². The van der Waals surface area contributed by atoms with Gasteiger partial charge in [0, 0.05) is 24.0 Å². The van der Waals surface area contributed by atoms with Gasteiger partial charge in [0.1, 0.15) is 5.82 Å². The summed E-state index contributed by atoms with van der Waals surface area (Å²) in [4.78, 5) is 21.5. The molecule has 6 heteroatoms. The summed E-state index contributed by atoms with van der Waals surface area (Å²) in [7, 11) is 0. The van der Waals surface area contributed by atoms with Crippen molar-refractivity contribution in [3.05, 3.63) is 63.7 Å². The molecule has 2 rings (SSSR count). The van der Waals surface area contributed by atoms with Gasteiger partial charge in [-0.25, -0.2) is 4.39 Å². The molecule has 0 aliphatic heterocycles. The van der Waals surface area contributed by atoms with Crippen LogP contribution < -0.4 is 0 Å². The van der Waals surface area contributed by atoms with Crippen molar-refractivity contribution in [2.24, 2.45) is 0 Å². The minimum Gasteiger partial charge on any atom is -0.349 e. The van der Waals surface area contributed by atoms with E-state index in [2.05, 4.69) is 0 Å². The monoisotopic (exact) mass is 262 g/mol. The summed E-state index contributed by atoms with van der Waals surface area (Å²) < 4.78 is 14.8. The Morgan fingerprint density at radius 2 is 2.16 bits per heavy atom. The number of ketones is 1. The molecule has 0 atom stereocenters. The first-order chi connectivity index (χ1) is 8.97. The molecule has 5 nitrogen and oxygen atoms in total. The van der Waals surface area contributed by atoms with Crippen LogP contribution in [0, 0.1) is 15.9 Å². The van der Waals surface area contributed by atoms with Crippen molar-refractivity contribution in [3.63, 3.8) is 0 Å². The third-order valence-electron chi connectivity index (χ3n) is 2.75. The lowest BCUT2D eigenvalue weighted by Crippen LogP contribution is -2.02. The maximum absolute atomic E-state index is 13.2. The lowest BCUT2D eigenvalue weighted by atomic mass is 10.1. The summed E-state index contributed by atoms with van der Waals surface area (Å²) in [6.07, 6.45) is 3.21. The van der Waals surface area contributed by atoms with Gasteiger partial charge in [-0.1, -0.05) is 0 Å². The standard InChI is InChI=1S/C13H11FN2O3/c1-9(17)10-4-5-15(7-10)8-11-6-12(14)2-3-13(11)16(18)19/h2-7H,8H2,1H3. The van der Waals surface area contributed by atoms with E-state index < -0.39 is 10.7 Å². The number of aromatic nitrogens is 1. The fraction of sp³-hybridized carbons (Fsp3) is 0.154. The van der Waals surface area contributed by atoms with Gasteiger partial charge < -0.3 is 4.57 Å². The first kappa shape index (κ1) is 12.9. The van der Waals surface area contributed by atoms with Crippen LogP contribution in [0.4, 0.5) is 10.1 Å². The summed E-state index contributed by atoms with van der Waals surface area (Å²) in [6.45, 7) is 1.58. The van der Waals surface area contributed by atoms with Crippen molar-refractivity contribution in [1.82, 2.24) is 4.57 Å². The van der Waals surface area contributed by atoms with Gasteiger partial charge in [0.05, 0.1) is 17.0 Å². The zero-order valence-electron chi connectivity index (χ0n) is 10.2. The van der Waals surface area contributed by atoms with E-state index in [4.69, 9.17) is 0 Å². The van der Waals surface area contributed by atoms with Crippen molar-refractivity contribution >= 4 is 11.5 Å². The fourth-order valence-electron chi connectivity index (χ4n) is 1.80. The summed E-state index contributed by atoms with van der Waals surface area (Å²) in [5.41, 5.74) is 0.634. The van der Waals surface area contributed by atoms with Crippen LogP contribution in [-0.2, 0) is 6.54 Å². The number of carbonyl (C=O) groups is 1. The molecule has 0 N–H and O–H groups in total. The van der Waals surface area contributed by atoms with Gasteiger partial charge >= 0.3 is 0 Å². The van der Waals surface area contributed by atoms with Crippen LogP contribution in [0.3, 0.4) is 0 Å². The van der Waals surface area contributed by atoms with Crippen molar-refractivity contribution in [3.8, 4) is 0 Å². The van der Waals surface area contributed by atoms with Gasteiger partial charge in [0.25, 0.3) is 5.69 Å². The van der Waals surface area contributed by atoms with E-state index in [0.717, 1.165) is 18.2 Å². The SMILES string of the molecule is CC(=O)c1ccn(Cc2cc(F)ccc2[N+](=O)[O-])c1. The fourth-order valence-corrected chi connectivity index (χ4v) is 1.80. The summed E-state index contributed by atoms with van der Waals surface area (Å²) in [5, 5.41) is 10.9. The molecule has 19 heavy (non-hydrogen) atoms. The van der Waals surface area contributed by atoms with Crippen LogP contribution in [-0.4, -0.2) is 15.3 Å². The minimum atomic E-state index is -0.551. The number of halogens is 1. The molecule has 1 heterocycles. The Bertz CT molecular complexity index is 649. The predicted molar refractivity (Wildman–Crippen MR) is 66.6 cm³/mol. The molecule has 0 saturated heterocycles. The molecule has 0 spiro atoms. The normalized spacial score (nSPS) is 10.4. The number of nitro benzene ring substituents is 1. The smallest absolute Gasteiger partial charge is 0.274 e. The van der Waals surface area contributed by atoms with Gasteiger partial charge in [-0.05, 0) is 25.1 Å². The summed E-state index contributed by atoms with van der Waals surface area (Å²) in [5.74, 6) is -0.618. The first-order valence-corrected chi connectivity index (χ1v) is 5.57. The average Bonchev–Trinajstić information content (AvgIpc) is 2.77. The van der Waals surface area contributed by atoms with Gasteiger partial charge in [0.2, 0.25) is 0 Å². The van der Waals surface area contributed by atoms with Crippen LogP contribution >= 0.6 is 0 Å².